The standard InChI is InChI=1S/C32H38Cl2O4/c1-22(2)18-28(33)20-37-30(35)32(31(36)38-21-29(34)19-23(3)4)16-14-27(15-17-32)26-12-10-25(11-13-26)24-8-6-5-7-9-24/h5-16,22-23,28-29H,17-21H2,1-4H3/t28-,29-/m1/s1. The van der Waals surface area contributed by atoms with E-state index in [-0.39, 0.29) is 30.4 Å². The lowest BCUT2D eigenvalue weighted by atomic mass is 9.79. The maximum absolute atomic E-state index is 13.3. The van der Waals surface area contributed by atoms with E-state index < -0.39 is 17.4 Å². The van der Waals surface area contributed by atoms with Crippen molar-refractivity contribution in [3.8, 4) is 11.1 Å². The van der Waals surface area contributed by atoms with Gasteiger partial charge < -0.3 is 9.47 Å². The summed E-state index contributed by atoms with van der Waals surface area (Å²) in [6, 6.07) is 18.4. The number of halogens is 2. The quantitative estimate of drug-likeness (QED) is 0.150. The van der Waals surface area contributed by atoms with Crippen LogP contribution in [-0.2, 0) is 19.1 Å². The van der Waals surface area contributed by atoms with Gasteiger partial charge in [0, 0.05) is 0 Å². The Morgan fingerprint density at radius 1 is 0.763 bits per heavy atom. The molecule has 0 N–H and O–H groups in total. The highest BCUT2D eigenvalue weighted by Crippen LogP contribution is 2.37. The highest BCUT2D eigenvalue weighted by Gasteiger charge is 2.47. The lowest BCUT2D eigenvalue weighted by molar-refractivity contribution is -0.168. The molecule has 38 heavy (non-hydrogen) atoms. The van der Waals surface area contributed by atoms with Gasteiger partial charge in [-0.05, 0) is 53.4 Å². The van der Waals surface area contributed by atoms with Crippen LogP contribution < -0.4 is 0 Å². The number of rotatable bonds is 12. The van der Waals surface area contributed by atoms with Gasteiger partial charge in [0.1, 0.15) is 13.2 Å². The number of allylic oxidation sites excluding steroid dienone is 3. The number of alkyl halides is 2. The third-order valence-corrected chi connectivity index (χ3v) is 7.10. The number of carbonyl (C=O) groups is 2. The molecule has 0 unspecified atom stereocenters. The number of hydrogen-bond acceptors (Lipinski definition) is 4. The van der Waals surface area contributed by atoms with E-state index in [4.69, 9.17) is 32.7 Å². The van der Waals surface area contributed by atoms with Gasteiger partial charge in [0.25, 0.3) is 0 Å². The van der Waals surface area contributed by atoms with Crippen molar-refractivity contribution in [3.05, 3.63) is 78.4 Å². The summed E-state index contributed by atoms with van der Waals surface area (Å²) in [6.07, 6.45) is 6.82. The van der Waals surface area contributed by atoms with Crippen molar-refractivity contribution in [2.45, 2.75) is 57.7 Å². The van der Waals surface area contributed by atoms with Crippen molar-refractivity contribution >= 4 is 40.7 Å². The van der Waals surface area contributed by atoms with Gasteiger partial charge in [0.15, 0.2) is 5.41 Å². The molecule has 2 atom stereocenters. The summed E-state index contributed by atoms with van der Waals surface area (Å²) in [4.78, 5) is 26.6. The summed E-state index contributed by atoms with van der Waals surface area (Å²) in [6.45, 7) is 8.28. The van der Waals surface area contributed by atoms with E-state index in [0.29, 0.717) is 24.7 Å². The summed E-state index contributed by atoms with van der Waals surface area (Å²) in [5.41, 5.74) is 2.60. The second-order valence-corrected chi connectivity index (χ2v) is 12.0. The first-order valence-electron chi connectivity index (χ1n) is 13.3. The molecular formula is C32H38Cl2O4. The zero-order valence-electron chi connectivity index (χ0n) is 22.7. The third kappa shape index (κ3) is 8.22. The minimum absolute atomic E-state index is 0.0322. The maximum atomic E-state index is 13.3. The average molecular weight is 558 g/mol. The zero-order valence-corrected chi connectivity index (χ0v) is 24.2. The molecule has 0 bridgehead atoms. The van der Waals surface area contributed by atoms with Gasteiger partial charge in [0.05, 0.1) is 10.8 Å². The van der Waals surface area contributed by atoms with Gasteiger partial charge in [-0.2, -0.15) is 0 Å². The highest BCUT2D eigenvalue weighted by atomic mass is 35.5. The fourth-order valence-corrected chi connectivity index (χ4v) is 5.31. The average Bonchev–Trinajstić information content (AvgIpc) is 2.90. The van der Waals surface area contributed by atoms with Crippen molar-refractivity contribution in [1.29, 1.82) is 0 Å². The summed E-state index contributed by atoms with van der Waals surface area (Å²) >= 11 is 12.7. The number of ether oxygens (including phenoxy) is 2. The number of carbonyl (C=O) groups excluding carboxylic acids is 2. The van der Waals surface area contributed by atoms with Crippen molar-refractivity contribution in [2.75, 3.05) is 13.2 Å². The SMILES string of the molecule is CC(C)C[C@@H](Cl)COC(=O)C1(C(=O)OC[C@H](Cl)CC(C)C)C=CC(c2ccc(-c3ccccc3)cc2)=CC1. The van der Waals surface area contributed by atoms with Crippen molar-refractivity contribution in [2.24, 2.45) is 17.3 Å². The van der Waals surface area contributed by atoms with Gasteiger partial charge in [-0.15, -0.1) is 23.2 Å². The third-order valence-electron chi connectivity index (χ3n) is 6.49. The molecular weight excluding hydrogens is 519 g/mol. The molecule has 2 aromatic rings. The fraction of sp³-hybridized carbons (Fsp3) is 0.438. The molecule has 3 rings (SSSR count). The molecule has 204 valence electrons. The lowest BCUT2D eigenvalue weighted by Crippen LogP contribution is -2.42. The molecule has 0 spiro atoms. The van der Waals surface area contributed by atoms with Gasteiger partial charge in [-0.3, -0.25) is 9.59 Å². The summed E-state index contributed by atoms with van der Waals surface area (Å²) in [5, 5.41) is -0.654. The Kier molecular flexibility index (Phi) is 11.1. The number of benzene rings is 2. The molecule has 0 saturated heterocycles. The van der Waals surface area contributed by atoms with Gasteiger partial charge in [-0.25, -0.2) is 0 Å². The van der Waals surface area contributed by atoms with Gasteiger partial charge in [-0.1, -0.05) is 101 Å². The molecule has 6 heteroatoms. The smallest absolute Gasteiger partial charge is 0.327 e. The largest absolute Gasteiger partial charge is 0.463 e. The summed E-state index contributed by atoms with van der Waals surface area (Å²) in [5.74, 6) is -0.578. The zero-order chi connectivity index (χ0) is 27.7. The Bertz CT molecular complexity index is 1090. The molecule has 1 aliphatic carbocycles. The Balaban J connectivity index is 1.76. The van der Waals surface area contributed by atoms with Crippen LogP contribution >= 0.6 is 23.2 Å². The molecule has 0 aromatic heterocycles. The molecule has 2 aromatic carbocycles. The van der Waals surface area contributed by atoms with Crippen molar-refractivity contribution in [3.63, 3.8) is 0 Å². The molecule has 0 radical (unpaired) electrons. The minimum atomic E-state index is -1.57. The van der Waals surface area contributed by atoms with Crippen LogP contribution in [0.5, 0.6) is 0 Å². The van der Waals surface area contributed by atoms with E-state index in [9.17, 15) is 9.59 Å². The molecule has 0 saturated carbocycles. The first-order chi connectivity index (χ1) is 18.1. The van der Waals surface area contributed by atoms with Crippen LogP contribution in [0.3, 0.4) is 0 Å². The monoisotopic (exact) mass is 556 g/mol. The molecule has 0 fully saturated rings. The fourth-order valence-electron chi connectivity index (χ4n) is 4.47. The van der Waals surface area contributed by atoms with Crippen LogP contribution in [0, 0.1) is 17.3 Å². The predicted molar refractivity (Wildman–Crippen MR) is 156 cm³/mol. The number of hydrogen-bond donors (Lipinski definition) is 0. The summed E-state index contributed by atoms with van der Waals surface area (Å²) < 4.78 is 11.1. The first kappa shape index (κ1) is 30.0. The molecule has 4 nitrogen and oxygen atoms in total. The summed E-state index contributed by atoms with van der Waals surface area (Å²) in [7, 11) is 0. The van der Waals surface area contributed by atoms with Crippen LogP contribution in [-0.4, -0.2) is 35.9 Å². The predicted octanol–water partition coefficient (Wildman–Crippen LogP) is 8.08. The second-order valence-electron chi connectivity index (χ2n) is 10.8. The van der Waals surface area contributed by atoms with Gasteiger partial charge >= 0.3 is 11.9 Å². The van der Waals surface area contributed by atoms with E-state index in [1.165, 1.54) is 0 Å². The van der Waals surface area contributed by atoms with Gasteiger partial charge in [0.2, 0.25) is 0 Å². The van der Waals surface area contributed by atoms with Crippen molar-refractivity contribution in [1.82, 2.24) is 0 Å². The Hall–Kier alpha value is -2.56. The normalized spacial score (nSPS) is 16.2. The Morgan fingerprint density at radius 3 is 1.68 bits per heavy atom. The highest BCUT2D eigenvalue weighted by molar-refractivity contribution is 6.21. The second kappa shape index (κ2) is 14.0. The Morgan fingerprint density at radius 2 is 1.24 bits per heavy atom. The van der Waals surface area contributed by atoms with Crippen LogP contribution in [0.1, 0.15) is 52.5 Å². The molecule has 0 heterocycles. The molecule has 0 amide bonds. The van der Waals surface area contributed by atoms with Crippen LogP contribution in [0.2, 0.25) is 0 Å². The van der Waals surface area contributed by atoms with E-state index in [2.05, 4.69) is 52.0 Å². The first-order valence-corrected chi connectivity index (χ1v) is 14.2. The van der Waals surface area contributed by atoms with E-state index >= 15 is 0 Å². The van der Waals surface area contributed by atoms with Crippen LogP contribution in [0.15, 0.2) is 72.8 Å². The van der Waals surface area contributed by atoms with Crippen LogP contribution in [0.4, 0.5) is 0 Å². The van der Waals surface area contributed by atoms with E-state index in [1.807, 2.05) is 36.4 Å². The van der Waals surface area contributed by atoms with Crippen molar-refractivity contribution < 1.29 is 19.1 Å². The number of esters is 2. The molecule has 0 aliphatic heterocycles. The Labute approximate surface area is 237 Å². The van der Waals surface area contributed by atoms with E-state index in [0.717, 1.165) is 22.3 Å². The topological polar surface area (TPSA) is 52.6 Å². The molecule has 1 aliphatic rings. The lowest BCUT2D eigenvalue weighted by Gasteiger charge is -2.29. The maximum Gasteiger partial charge on any atom is 0.327 e. The minimum Gasteiger partial charge on any atom is -0.463 e. The van der Waals surface area contributed by atoms with Crippen LogP contribution in [0.25, 0.3) is 16.7 Å². The van der Waals surface area contributed by atoms with E-state index in [1.54, 1.807) is 12.2 Å².